The van der Waals surface area contributed by atoms with Crippen LogP contribution in [0.5, 0.6) is 11.5 Å². The van der Waals surface area contributed by atoms with Crippen molar-refractivity contribution in [2.75, 3.05) is 13.3 Å². The minimum atomic E-state index is -0.374. The molecule has 0 aliphatic carbocycles. The minimum Gasteiger partial charge on any atom is -0.459 e. The van der Waals surface area contributed by atoms with E-state index in [1.807, 2.05) is 18.2 Å². The summed E-state index contributed by atoms with van der Waals surface area (Å²) in [6.45, 7) is 0.194. The van der Waals surface area contributed by atoms with Crippen LogP contribution in [-0.2, 0) is 11.3 Å². The summed E-state index contributed by atoms with van der Waals surface area (Å²) in [6, 6.07) is 15.7. The molecule has 0 atom stereocenters. The second kappa shape index (κ2) is 8.28. The maximum absolute atomic E-state index is 12.2. The minimum absolute atomic E-state index is 0.134. The van der Waals surface area contributed by atoms with E-state index in [0.717, 1.165) is 5.56 Å². The van der Waals surface area contributed by atoms with Gasteiger partial charge in [-0.2, -0.15) is 0 Å². The summed E-state index contributed by atoms with van der Waals surface area (Å²) in [6.07, 6.45) is 0. The summed E-state index contributed by atoms with van der Waals surface area (Å²) in [7, 11) is 0. The molecule has 148 valence electrons. The van der Waals surface area contributed by atoms with Gasteiger partial charge in [-0.1, -0.05) is 11.6 Å². The molecule has 7 nitrogen and oxygen atoms in total. The predicted molar refractivity (Wildman–Crippen MR) is 106 cm³/mol. The monoisotopic (exact) mass is 412 g/mol. The molecule has 0 fully saturated rings. The van der Waals surface area contributed by atoms with E-state index in [0.29, 0.717) is 33.6 Å². The summed E-state index contributed by atoms with van der Waals surface area (Å²) >= 11 is 5.88. The smallest absolute Gasteiger partial charge is 0.251 e. The van der Waals surface area contributed by atoms with Gasteiger partial charge in [-0.3, -0.25) is 9.59 Å². The van der Waals surface area contributed by atoms with Gasteiger partial charge in [-0.25, -0.2) is 0 Å². The molecule has 8 heteroatoms. The highest BCUT2D eigenvalue weighted by molar-refractivity contribution is 6.30. The number of ether oxygens (including phenoxy) is 2. The van der Waals surface area contributed by atoms with E-state index in [2.05, 4.69) is 10.6 Å². The van der Waals surface area contributed by atoms with Crippen molar-refractivity contribution in [3.8, 4) is 22.8 Å². The Morgan fingerprint density at radius 3 is 2.55 bits per heavy atom. The predicted octanol–water partition coefficient (Wildman–Crippen LogP) is 3.37. The van der Waals surface area contributed by atoms with Gasteiger partial charge in [-0.05, 0) is 54.6 Å². The van der Waals surface area contributed by atoms with Crippen LogP contribution in [0.2, 0.25) is 5.02 Å². The maximum Gasteiger partial charge on any atom is 0.251 e. The normalized spacial score (nSPS) is 11.9. The van der Waals surface area contributed by atoms with Crippen molar-refractivity contribution in [2.24, 2.45) is 0 Å². The van der Waals surface area contributed by atoms with Gasteiger partial charge in [0.25, 0.3) is 5.91 Å². The lowest BCUT2D eigenvalue weighted by atomic mass is 10.2. The molecule has 1 aromatic heterocycles. The molecule has 0 saturated heterocycles. The lowest BCUT2D eigenvalue weighted by molar-refractivity contribution is -0.120. The first-order valence-electron chi connectivity index (χ1n) is 8.88. The van der Waals surface area contributed by atoms with E-state index in [1.54, 1.807) is 36.4 Å². The highest BCUT2D eigenvalue weighted by atomic mass is 35.5. The number of amides is 2. The van der Waals surface area contributed by atoms with Crippen LogP contribution < -0.4 is 20.1 Å². The number of benzene rings is 2. The molecule has 0 unspecified atom stereocenters. The van der Waals surface area contributed by atoms with Crippen LogP contribution in [0.3, 0.4) is 0 Å². The second-order valence-corrected chi connectivity index (χ2v) is 6.74. The van der Waals surface area contributed by atoms with Crippen LogP contribution in [0.15, 0.2) is 59.0 Å². The van der Waals surface area contributed by atoms with Gasteiger partial charge in [-0.15, -0.1) is 0 Å². The summed E-state index contributed by atoms with van der Waals surface area (Å²) in [4.78, 5) is 24.2. The molecule has 0 saturated carbocycles. The van der Waals surface area contributed by atoms with Crippen LogP contribution in [0.4, 0.5) is 0 Å². The van der Waals surface area contributed by atoms with Gasteiger partial charge in [0.2, 0.25) is 12.7 Å². The van der Waals surface area contributed by atoms with Crippen molar-refractivity contribution in [1.82, 2.24) is 10.6 Å². The molecular weight excluding hydrogens is 396 g/mol. The number of carbonyl (C=O) groups excluding carboxylic acids is 2. The molecule has 3 aromatic rings. The Kier molecular flexibility index (Phi) is 5.39. The van der Waals surface area contributed by atoms with Crippen molar-refractivity contribution < 1.29 is 23.5 Å². The van der Waals surface area contributed by atoms with Crippen molar-refractivity contribution in [3.63, 3.8) is 0 Å². The molecule has 2 aromatic carbocycles. The first kappa shape index (κ1) is 18.9. The number of hydrogen-bond donors (Lipinski definition) is 2. The van der Waals surface area contributed by atoms with Gasteiger partial charge in [0.15, 0.2) is 11.5 Å². The first-order chi connectivity index (χ1) is 14.1. The zero-order chi connectivity index (χ0) is 20.2. The summed E-state index contributed by atoms with van der Waals surface area (Å²) in [5, 5.41) is 5.93. The molecule has 2 heterocycles. The molecule has 1 aliphatic rings. The number of hydrogen-bond acceptors (Lipinski definition) is 5. The number of halogens is 1. The number of furan rings is 1. The Hall–Kier alpha value is -3.45. The Bertz CT molecular complexity index is 1050. The van der Waals surface area contributed by atoms with Crippen LogP contribution in [0, 0.1) is 0 Å². The van der Waals surface area contributed by atoms with E-state index in [1.165, 1.54) is 0 Å². The van der Waals surface area contributed by atoms with Gasteiger partial charge >= 0.3 is 0 Å². The third kappa shape index (κ3) is 4.52. The second-order valence-electron chi connectivity index (χ2n) is 6.30. The Morgan fingerprint density at radius 1 is 0.931 bits per heavy atom. The number of carbonyl (C=O) groups is 2. The number of nitrogens with one attached hydrogen (secondary N) is 2. The average molecular weight is 413 g/mol. The fraction of sp³-hybridized carbons (Fsp3) is 0.143. The van der Waals surface area contributed by atoms with Crippen LogP contribution in [-0.4, -0.2) is 25.2 Å². The third-order valence-corrected chi connectivity index (χ3v) is 4.55. The molecule has 2 N–H and O–H groups in total. The van der Waals surface area contributed by atoms with E-state index in [9.17, 15) is 9.59 Å². The van der Waals surface area contributed by atoms with Crippen LogP contribution in [0.25, 0.3) is 11.3 Å². The van der Waals surface area contributed by atoms with E-state index in [4.69, 9.17) is 25.5 Å². The Morgan fingerprint density at radius 2 is 1.72 bits per heavy atom. The zero-order valence-electron chi connectivity index (χ0n) is 15.2. The van der Waals surface area contributed by atoms with Crippen molar-refractivity contribution in [2.45, 2.75) is 6.54 Å². The van der Waals surface area contributed by atoms with Gasteiger partial charge in [0, 0.05) is 16.1 Å². The molecule has 0 spiro atoms. The van der Waals surface area contributed by atoms with Gasteiger partial charge in [0.1, 0.15) is 11.5 Å². The molecule has 1 aliphatic heterocycles. The van der Waals surface area contributed by atoms with Crippen LogP contribution >= 0.6 is 11.6 Å². The zero-order valence-corrected chi connectivity index (χ0v) is 16.0. The highest BCUT2D eigenvalue weighted by Gasteiger charge is 2.16. The summed E-state index contributed by atoms with van der Waals surface area (Å²) in [5.74, 6) is 1.68. The lowest BCUT2D eigenvalue weighted by Gasteiger charge is -2.07. The molecule has 4 rings (SSSR count). The molecule has 0 bridgehead atoms. The third-order valence-electron chi connectivity index (χ3n) is 4.29. The molecule has 2 amide bonds. The Labute approximate surface area is 171 Å². The molecule has 0 radical (unpaired) electrons. The topological polar surface area (TPSA) is 89.8 Å². The SMILES string of the molecule is O=C(CNC(=O)c1ccc2c(c1)OCO2)NCc1ccc(-c2ccc(Cl)cc2)o1. The fourth-order valence-corrected chi connectivity index (χ4v) is 2.92. The molecular formula is C21H17ClN2O5. The summed E-state index contributed by atoms with van der Waals surface area (Å²) < 4.78 is 16.2. The van der Waals surface area contributed by atoms with E-state index < -0.39 is 0 Å². The van der Waals surface area contributed by atoms with Gasteiger partial charge in [0.05, 0.1) is 13.1 Å². The molecule has 29 heavy (non-hydrogen) atoms. The largest absolute Gasteiger partial charge is 0.459 e. The van der Waals surface area contributed by atoms with Gasteiger partial charge < -0.3 is 24.5 Å². The van der Waals surface area contributed by atoms with E-state index >= 15 is 0 Å². The standard InChI is InChI=1S/C21H17ClN2O5/c22-15-4-1-13(2-5-15)17-8-6-16(29-17)10-23-20(25)11-24-21(26)14-3-7-18-19(9-14)28-12-27-18/h1-9H,10-12H2,(H,23,25)(H,24,26). The van der Waals surface area contributed by atoms with Crippen molar-refractivity contribution >= 4 is 23.4 Å². The highest BCUT2D eigenvalue weighted by Crippen LogP contribution is 2.32. The average Bonchev–Trinajstić information content (AvgIpc) is 3.40. The first-order valence-corrected chi connectivity index (χ1v) is 9.25. The van der Waals surface area contributed by atoms with Crippen molar-refractivity contribution in [1.29, 1.82) is 0 Å². The number of rotatable bonds is 6. The maximum atomic E-state index is 12.2. The summed E-state index contributed by atoms with van der Waals surface area (Å²) in [5.41, 5.74) is 1.28. The van der Waals surface area contributed by atoms with Crippen LogP contribution in [0.1, 0.15) is 16.1 Å². The quantitative estimate of drug-likeness (QED) is 0.647. The van der Waals surface area contributed by atoms with E-state index in [-0.39, 0.29) is 31.7 Å². The number of fused-ring (bicyclic) bond motifs is 1. The fourth-order valence-electron chi connectivity index (χ4n) is 2.79. The lowest BCUT2D eigenvalue weighted by Crippen LogP contribution is -2.36. The Balaban J connectivity index is 1.26. The van der Waals surface area contributed by atoms with Crippen molar-refractivity contribution in [3.05, 3.63) is 70.9 Å².